The zero-order chi connectivity index (χ0) is 9.84. The van der Waals surface area contributed by atoms with Gasteiger partial charge in [0.15, 0.2) is 0 Å². The summed E-state index contributed by atoms with van der Waals surface area (Å²) < 4.78 is 8.83. The molecule has 1 aromatic rings. The van der Waals surface area contributed by atoms with Crippen LogP contribution in [0, 0.1) is 0 Å². The summed E-state index contributed by atoms with van der Waals surface area (Å²) in [6.45, 7) is 0. The van der Waals surface area contributed by atoms with E-state index in [0.29, 0.717) is 5.88 Å². The molecule has 3 N–H and O–H groups in total. The zero-order valence-corrected chi connectivity index (χ0v) is 7.87. The van der Waals surface area contributed by atoms with Crippen LogP contribution in [0.25, 0.3) is 0 Å². The third kappa shape index (κ3) is 2.40. The number of hydrogen-bond donors (Lipinski definition) is 2. The summed E-state index contributed by atoms with van der Waals surface area (Å²) in [6, 6.07) is -0.898. The number of aliphatic carboxylic acids is 1. The fraction of sp³-hybridized carbons (Fsp3) is 0.429. The molecule has 0 fully saturated rings. The van der Waals surface area contributed by atoms with Crippen LogP contribution in [0.4, 0.5) is 0 Å². The zero-order valence-electron chi connectivity index (χ0n) is 7.06. The van der Waals surface area contributed by atoms with Crippen molar-refractivity contribution in [1.29, 1.82) is 0 Å². The molecule has 5 nitrogen and oxygen atoms in total. The summed E-state index contributed by atoms with van der Waals surface area (Å²) in [6.07, 6.45) is 0.245. The van der Waals surface area contributed by atoms with Crippen molar-refractivity contribution >= 4 is 17.5 Å². The molecular formula is C7H10N2O3S. The Labute approximate surface area is 79.3 Å². The average Bonchev–Trinajstić information content (AvgIpc) is 2.51. The lowest BCUT2D eigenvalue weighted by Crippen LogP contribution is -2.32. The molecule has 0 unspecified atom stereocenters. The van der Waals surface area contributed by atoms with Crippen molar-refractivity contribution in [2.45, 2.75) is 12.5 Å². The molecule has 0 bridgehead atoms. The molecule has 1 rings (SSSR count). The molecule has 13 heavy (non-hydrogen) atoms. The molecule has 6 heteroatoms. The molecule has 0 aliphatic rings. The van der Waals surface area contributed by atoms with Crippen LogP contribution in [0.2, 0.25) is 0 Å². The van der Waals surface area contributed by atoms with Gasteiger partial charge in [0.1, 0.15) is 6.04 Å². The van der Waals surface area contributed by atoms with Crippen LogP contribution in [-0.4, -0.2) is 28.6 Å². The molecule has 0 radical (unpaired) electrons. The van der Waals surface area contributed by atoms with Crippen LogP contribution in [0.5, 0.6) is 5.88 Å². The van der Waals surface area contributed by atoms with Gasteiger partial charge in [0.05, 0.1) is 7.11 Å². The van der Waals surface area contributed by atoms with Crippen LogP contribution >= 0.6 is 11.5 Å². The molecular weight excluding hydrogens is 192 g/mol. The molecule has 0 amide bonds. The first-order chi connectivity index (χ1) is 6.15. The number of carbonyl (C=O) groups is 1. The Morgan fingerprint density at radius 2 is 2.62 bits per heavy atom. The van der Waals surface area contributed by atoms with Gasteiger partial charge in [-0.25, -0.2) is 0 Å². The van der Waals surface area contributed by atoms with E-state index in [2.05, 4.69) is 4.37 Å². The van der Waals surface area contributed by atoms with E-state index >= 15 is 0 Å². The Morgan fingerprint density at radius 3 is 3.15 bits per heavy atom. The maximum Gasteiger partial charge on any atom is 0.320 e. The van der Waals surface area contributed by atoms with Gasteiger partial charge in [-0.3, -0.25) is 4.79 Å². The van der Waals surface area contributed by atoms with Crippen LogP contribution in [0.3, 0.4) is 0 Å². The Kier molecular flexibility index (Phi) is 3.21. The highest BCUT2D eigenvalue weighted by Crippen LogP contribution is 2.19. The van der Waals surface area contributed by atoms with E-state index < -0.39 is 12.0 Å². The summed E-state index contributed by atoms with van der Waals surface area (Å²) in [5.74, 6) is -0.560. The monoisotopic (exact) mass is 202 g/mol. The molecule has 0 aliphatic carbocycles. The first-order valence-electron chi connectivity index (χ1n) is 3.60. The van der Waals surface area contributed by atoms with Gasteiger partial charge in [0.2, 0.25) is 5.88 Å². The second kappa shape index (κ2) is 4.20. The van der Waals surface area contributed by atoms with Crippen molar-refractivity contribution in [2.75, 3.05) is 7.11 Å². The summed E-state index contributed by atoms with van der Waals surface area (Å²) in [5.41, 5.74) is 6.09. The third-order valence-corrected chi connectivity index (χ3v) is 2.22. The highest BCUT2D eigenvalue weighted by molar-refractivity contribution is 7.03. The first kappa shape index (κ1) is 9.94. The van der Waals surface area contributed by atoms with Gasteiger partial charge in [-0.2, -0.15) is 4.37 Å². The number of ether oxygens (including phenoxy) is 1. The van der Waals surface area contributed by atoms with Crippen molar-refractivity contribution in [3.8, 4) is 5.88 Å². The van der Waals surface area contributed by atoms with Crippen molar-refractivity contribution in [3.63, 3.8) is 0 Å². The smallest absolute Gasteiger partial charge is 0.320 e. The van der Waals surface area contributed by atoms with Crippen molar-refractivity contribution in [3.05, 3.63) is 10.9 Å². The fourth-order valence-electron chi connectivity index (χ4n) is 0.875. The number of aromatic nitrogens is 1. The molecule has 72 valence electrons. The fourth-order valence-corrected chi connectivity index (χ4v) is 1.54. The Morgan fingerprint density at radius 1 is 1.92 bits per heavy atom. The highest BCUT2D eigenvalue weighted by Gasteiger charge is 2.16. The van der Waals surface area contributed by atoms with E-state index in [4.69, 9.17) is 15.6 Å². The molecule has 0 aromatic carbocycles. The minimum absolute atomic E-state index is 0.245. The lowest BCUT2D eigenvalue weighted by Gasteiger charge is -2.04. The predicted molar refractivity (Wildman–Crippen MR) is 48.0 cm³/mol. The Balaban J connectivity index is 2.68. The van der Waals surface area contributed by atoms with E-state index in [1.165, 1.54) is 18.6 Å². The second-order valence-electron chi connectivity index (χ2n) is 2.50. The molecule has 0 saturated carbocycles. The van der Waals surface area contributed by atoms with Gasteiger partial charge in [-0.05, 0) is 11.5 Å². The SMILES string of the molecule is COc1nscc1C[C@@H](N)C(=O)O. The normalized spacial score (nSPS) is 12.5. The molecule has 0 aliphatic heterocycles. The van der Waals surface area contributed by atoms with E-state index in [0.717, 1.165) is 5.56 Å². The average molecular weight is 202 g/mol. The first-order valence-corrected chi connectivity index (χ1v) is 4.44. The summed E-state index contributed by atoms with van der Waals surface area (Å²) in [4.78, 5) is 10.4. The van der Waals surface area contributed by atoms with Crippen molar-refractivity contribution < 1.29 is 14.6 Å². The quantitative estimate of drug-likeness (QED) is 0.723. The topological polar surface area (TPSA) is 85.4 Å². The Bertz CT molecular complexity index is 300. The van der Waals surface area contributed by atoms with Gasteiger partial charge in [0, 0.05) is 17.4 Å². The molecule has 0 saturated heterocycles. The van der Waals surface area contributed by atoms with Crippen molar-refractivity contribution in [2.24, 2.45) is 5.73 Å². The number of nitrogens with two attached hydrogens (primary N) is 1. The van der Waals surface area contributed by atoms with Crippen LogP contribution < -0.4 is 10.5 Å². The number of hydrogen-bond acceptors (Lipinski definition) is 5. The van der Waals surface area contributed by atoms with Gasteiger partial charge in [0.25, 0.3) is 0 Å². The van der Waals surface area contributed by atoms with E-state index in [1.807, 2.05) is 0 Å². The number of carboxylic acid groups (broad SMARTS) is 1. The lowest BCUT2D eigenvalue weighted by atomic mass is 10.1. The van der Waals surface area contributed by atoms with Crippen LogP contribution in [0.1, 0.15) is 5.56 Å². The van der Waals surface area contributed by atoms with E-state index in [9.17, 15) is 4.79 Å². The Hall–Kier alpha value is -1.14. The van der Waals surface area contributed by atoms with Crippen LogP contribution in [0.15, 0.2) is 5.38 Å². The van der Waals surface area contributed by atoms with Crippen LogP contribution in [-0.2, 0) is 11.2 Å². The predicted octanol–water partition coefficient (Wildman–Crippen LogP) is 0.106. The highest BCUT2D eigenvalue weighted by atomic mass is 32.1. The number of carboxylic acids is 1. The molecule has 0 spiro atoms. The van der Waals surface area contributed by atoms with E-state index in [1.54, 1.807) is 5.38 Å². The van der Waals surface area contributed by atoms with Gasteiger partial charge < -0.3 is 15.6 Å². The maximum atomic E-state index is 10.4. The summed E-state index contributed by atoms with van der Waals surface area (Å²) in [7, 11) is 1.49. The number of nitrogens with zero attached hydrogens (tertiary/aromatic N) is 1. The van der Waals surface area contributed by atoms with Gasteiger partial charge >= 0.3 is 5.97 Å². The largest absolute Gasteiger partial charge is 0.480 e. The minimum atomic E-state index is -1.02. The molecule has 1 heterocycles. The standard InChI is InChI=1S/C7H10N2O3S/c1-12-6-4(3-13-9-6)2-5(8)7(10)11/h3,5H,2,8H2,1H3,(H,10,11)/t5-/m1/s1. The summed E-state index contributed by atoms with van der Waals surface area (Å²) >= 11 is 1.22. The second-order valence-corrected chi connectivity index (χ2v) is 3.13. The molecule has 1 atom stereocenters. The maximum absolute atomic E-state index is 10.4. The minimum Gasteiger partial charge on any atom is -0.480 e. The summed E-state index contributed by atoms with van der Waals surface area (Å²) in [5, 5.41) is 10.3. The number of rotatable bonds is 4. The van der Waals surface area contributed by atoms with Gasteiger partial charge in [-0.15, -0.1) is 0 Å². The van der Waals surface area contributed by atoms with E-state index in [-0.39, 0.29) is 6.42 Å². The van der Waals surface area contributed by atoms with Crippen molar-refractivity contribution in [1.82, 2.24) is 4.37 Å². The van der Waals surface area contributed by atoms with Gasteiger partial charge in [-0.1, -0.05) is 0 Å². The lowest BCUT2D eigenvalue weighted by molar-refractivity contribution is -0.138. The molecule has 1 aromatic heterocycles. The number of methoxy groups -OCH3 is 1. The third-order valence-electron chi connectivity index (χ3n) is 1.56.